The highest BCUT2D eigenvalue weighted by molar-refractivity contribution is 5.93. The third-order valence-electron chi connectivity index (χ3n) is 2.60. The summed E-state index contributed by atoms with van der Waals surface area (Å²) in [6, 6.07) is 12.0. The molecule has 0 atom stereocenters. The number of carbonyl (C=O) groups is 1. The van der Waals surface area contributed by atoms with Gasteiger partial charge in [-0.15, -0.1) is 0 Å². The molecule has 1 amide bonds. The molecule has 0 aliphatic carbocycles. The molecule has 1 heterocycles. The van der Waals surface area contributed by atoms with E-state index < -0.39 is 0 Å². The first-order valence-electron chi connectivity index (χ1n) is 5.46. The van der Waals surface area contributed by atoms with Crippen LogP contribution in [0.4, 0.5) is 0 Å². The van der Waals surface area contributed by atoms with E-state index in [0.717, 1.165) is 5.56 Å². The minimum Gasteiger partial charge on any atom is -0.311 e. The van der Waals surface area contributed by atoms with Crippen molar-refractivity contribution in [3.05, 3.63) is 70.1 Å². The van der Waals surface area contributed by atoms with Crippen LogP contribution in [0.15, 0.2) is 53.5 Å². The predicted octanol–water partition coefficient (Wildman–Crippen LogP) is 0.500. The first kappa shape index (κ1) is 12.1. The molecule has 0 fully saturated rings. The predicted molar refractivity (Wildman–Crippen MR) is 67.9 cm³/mol. The fourth-order valence-corrected chi connectivity index (χ4v) is 1.63. The lowest BCUT2D eigenvalue weighted by molar-refractivity contribution is 0.0953. The van der Waals surface area contributed by atoms with Crippen LogP contribution in [-0.2, 0) is 6.54 Å². The fraction of sp³-hybridized carbons (Fsp3) is 0.0769. The van der Waals surface area contributed by atoms with Crippen LogP contribution < -0.4 is 16.8 Å². The number of pyridine rings is 1. The van der Waals surface area contributed by atoms with Crippen molar-refractivity contribution in [2.75, 3.05) is 0 Å². The van der Waals surface area contributed by atoms with Gasteiger partial charge in [0.05, 0.1) is 6.54 Å². The summed E-state index contributed by atoms with van der Waals surface area (Å²) in [6.45, 7) is 0.476. The molecule has 2 aromatic rings. The van der Waals surface area contributed by atoms with Gasteiger partial charge in [-0.25, -0.2) is 5.84 Å². The van der Waals surface area contributed by atoms with E-state index in [-0.39, 0.29) is 11.5 Å². The van der Waals surface area contributed by atoms with E-state index in [1.165, 1.54) is 6.07 Å². The molecule has 0 saturated carbocycles. The van der Waals surface area contributed by atoms with Gasteiger partial charge in [-0.05, 0) is 23.8 Å². The first-order chi connectivity index (χ1) is 8.70. The highest BCUT2D eigenvalue weighted by atomic mass is 16.2. The van der Waals surface area contributed by atoms with Crippen molar-refractivity contribution in [1.29, 1.82) is 0 Å². The number of rotatable bonds is 3. The van der Waals surface area contributed by atoms with Crippen LogP contribution in [0.1, 0.15) is 15.9 Å². The molecule has 0 saturated heterocycles. The van der Waals surface area contributed by atoms with Crippen LogP contribution >= 0.6 is 0 Å². The summed E-state index contributed by atoms with van der Waals surface area (Å²) < 4.78 is 1.60. The molecule has 0 spiro atoms. The fourth-order valence-electron chi connectivity index (χ4n) is 1.63. The summed E-state index contributed by atoms with van der Waals surface area (Å²) >= 11 is 0. The molecule has 3 N–H and O–H groups in total. The molecule has 5 nitrogen and oxygen atoms in total. The van der Waals surface area contributed by atoms with Crippen molar-refractivity contribution in [3.8, 4) is 0 Å². The molecule has 1 aromatic carbocycles. The summed E-state index contributed by atoms with van der Waals surface area (Å²) in [6.07, 6.45) is 1.73. The van der Waals surface area contributed by atoms with Gasteiger partial charge in [0.1, 0.15) is 0 Å². The molecule has 0 aliphatic heterocycles. The second-order valence-corrected chi connectivity index (χ2v) is 3.84. The molecule has 0 aliphatic rings. The Morgan fingerprint density at radius 2 is 1.89 bits per heavy atom. The molecule has 0 radical (unpaired) electrons. The SMILES string of the molecule is NNC(=O)c1ccc(Cn2ccccc2=O)cc1. The average Bonchev–Trinajstić information content (AvgIpc) is 2.41. The summed E-state index contributed by atoms with van der Waals surface area (Å²) in [5, 5.41) is 0. The second kappa shape index (κ2) is 5.29. The van der Waals surface area contributed by atoms with Gasteiger partial charge in [0.25, 0.3) is 11.5 Å². The average molecular weight is 243 g/mol. The number of hydrogen-bond acceptors (Lipinski definition) is 3. The number of hydrazine groups is 1. The quantitative estimate of drug-likeness (QED) is 0.468. The van der Waals surface area contributed by atoms with Crippen LogP contribution in [0.3, 0.4) is 0 Å². The summed E-state index contributed by atoms with van der Waals surface area (Å²) in [5.41, 5.74) is 3.44. The Bertz CT molecular complexity index is 602. The monoisotopic (exact) mass is 243 g/mol. The Kier molecular flexibility index (Phi) is 3.54. The Hall–Kier alpha value is -2.40. The van der Waals surface area contributed by atoms with Crippen molar-refractivity contribution in [1.82, 2.24) is 9.99 Å². The number of aromatic nitrogens is 1. The Morgan fingerprint density at radius 3 is 2.50 bits per heavy atom. The van der Waals surface area contributed by atoms with Crippen molar-refractivity contribution < 1.29 is 4.79 Å². The molecule has 0 unspecified atom stereocenters. The molecule has 1 aromatic heterocycles. The van der Waals surface area contributed by atoms with Gasteiger partial charge in [0, 0.05) is 17.8 Å². The van der Waals surface area contributed by atoms with Crippen molar-refractivity contribution in [2.45, 2.75) is 6.54 Å². The molecule has 92 valence electrons. The first-order valence-corrected chi connectivity index (χ1v) is 5.46. The van der Waals surface area contributed by atoms with Crippen LogP contribution in [0.5, 0.6) is 0 Å². The third kappa shape index (κ3) is 2.64. The number of nitrogens with two attached hydrogens (primary N) is 1. The number of nitrogens with one attached hydrogen (secondary N) is 1. The van der Waals surface area contributed by atoms with Gasteiger partial charge in [-0.2, -0.15) is 0 Å². The zero-order valence-electron chi connectivity index (χ0n) is 9.67. The van der Waals surface area contributed by atoms with Gasteiger partial charge in [-0.1, -0.05) is 18.2 Å². The lowest BCUT2D eigenvalue weighted by Crippen LogP contribution is -2.29. The smallest absolute Gasteiger partial charge is 0.265 e. The summed E-state index contributed by atoms with van der Waals surface area (Å²) in [5.74, 6) is 4.71. The number of amides is 1. The maximum atomic E-state index is 11.5. The molecule has 18 heavy (non-hydrogen) atoms. The summed E-state index contributed by atoms with van der Waals surface area (Å²) in [4.78, 5) is 22.8. The van der Waals surface area contributed by atoms with E-state index in [0.29, 0.717) is 12.1 Å². The number of nitrogens with zero attached hydrogens (tertiary/aromatic N) is 1. The van der Waals surface area contributed by atoms with Crippen LogP contribution in [0, 0.1) is 0 Å². The largest absolute Gasteiger partial charge is 0.311 e. The molecule has 0 bridgehead atoms. The molecular formula is C13H13N3O2. The third-order valence-corrected chi connectivity index (χ3v) is 2.60. The van der Waals surface area contributed by atoms with Crippen LogP contribution in [0.25, 0.3) is 0 Å². The van der Waals surface area contributed by atoms with Crippen molar-refractivity contribution in [3.63, 3.8) is 0 Å². The molecule has 2 rings (SSSR count). The van der Waals surface area contributed by atoms with Gasteiger partial charge in [0.2, 0.25) is 0 Å². The lowest BCUT2D eigenvalue weighted by atomic mass is 10.1. The van der Waals surface area contributed by atoms with E-state index >= 15 is 0 Å². The second-order valence-electron chi connectivity index (χ2n) is 3.84. The number of nitrogen functional groups attached to an aromatic ring is 1. The number of benzene rings is 1. The standard InChI is InChI=1S/C13H13N3O2/c14-15-13(18)11-6-4-10(5-7-11)9-16-8-2-1-3-12(16)17/h1-8H,9,14H2,(H,15,18). The van der Waals surface area contributed by atoms with Gasteiger partial charge in [-0.3, -0.25) is 15.0 Å². The highest BCUT2D eigenvalue weighted by Crippen LogP contribution is 2.05. The maximum Gasteiger partial charge on any atom is 0.265 e. The van der Waals surface area contributed by atoms with E-state index in [9.17, 15) is 9.59 Å². The van der Waals surface area contributed by atoms with Crippen LogP contribution in [-0.4, -0.2) is 10.5 Å². The lowest BCUT2D eigenvalue weighted by Gasteiger charge is -2.06. The number of hydrogen-bond donors (Lipinski definition) is 2. The normalized spacial score (nSPS) is 10.1. The minimum absolute atomic E-state index is 0.0544. The maximum absolute atomic E-state index is 11.5. The molecular weight excluding hydrogens is 230 g/mol. The highest BCUT2D eigenvalue weighted by Gasteiger charge is 2.03. The Labute approximate surface area is 104 Å². The van der Waals surface area contributed by atoms with Crippen molar-refractivity contribution in [2.24, 2.45) is 5.84 Å². The zero-order chi connectivity index (χ0) is 13.0. The van der Waals surface area contributed by atoms with Gasteiger partial charge >= 0.3 is 0 Å². The van der Waals surface area contributed by atoms with Gasteiger partial charge < -0.3 is 4.57 Å². The van der Waals surface area contributed by atoms with E-state index in [1.807, 2.05) is 0 Å². The Balaban J connectivity index is 2.19. The van der Waals surface area contributed by atoms with E-state index in [2.05, 4.69) is 5.43 Å². The van der Waals surface area contributed by atoms with Crippen molar-refractivity contribution >= 4 is 5.91 Å². The zero-order valence-corrected chi connectivity index (χ0v) is 9.67. The number of carbonyl (C=O) groups excluding carboxylic acids is 1. The van der Waals surface area contributed by atoms with Gasteiger partial charge in [0.15, 0.2) is 0 Å². The van der Waals surface area contributed by atoms with E-state index in [1.54, 1.807) is 47.2 Å². The summed E-state index contributed by atoms with van der Waals surface area (Å²) in [7, 11) is 0. The topological polar surface area (TPSA) is 77.1 Å². The van der Waals surface area contributed by atoms with Crippen LogP contribution in [0.2, 0.25) is 0 Å². The minimum atomic E-state index is -0.335. The van der Waals surface area contributed by atoms with E-state index in [4.69, 9.17) is 5.84 Å². The molecule has 5 heteroatoms. The Morgan fingerprint density at radius 1 is 1.17 bits per heavy atom.